The van der Waals surface area contributed by atoms with Gasteiger partial charge in [0.15, 0.2) is 5.01 Å². The molecule has 0 aromatic carbocycles. The lowest BCUT2D eigenvalue weighted by Crippen LogP contribution is -2.11. The van der Waals surface area contributed by atoms with Crippen LogP contribution in [-0.2, 0) is 12.7 Å². The molecule has 0 aliphatic heterocycles. The summed E-state index contributed by atoms with van der Waals surface area (Å²) in [6.07, 6.45) is -1.37. The van der Waals surface area contributed by atoms with Crippen LogP contribution in [0.5, 0.6) is 0 Å². The lowest BCUT2D eigenvalue weighted by atomic mass is 10.5. The Kier molecular flexibility index (Phi) is 2.94. The van der Waals surface area contributed by atoms with Gasteiger partial charge in [-0.15, -0.1) is 10.2 Å². The standard InChI is InChI=1S/C9H8F3N7S/c10-9(11,12)7-15-16-8-19(7)17-6(20-8)5-3-18(2-1-13)4-14-5/h3-4H,1-2,13H2. The second kappa shape index (κ2) is 4.52. The molecule has 20 heavy (non-hydrogen) atoms. The first-order valence-corrected chi connectivity index (χ1v) is 6.32. The SMILES string of the molecule is NCCn1cnc(-c2nn3c(C(F)(F)F)nnc3s2)c1. The zero-order valence-corrected chi connectivity index (χ0v) is 10.7. The number of aromatic nitrogens is 6. The molecule has 0 bridgehead atoms. The first-order valence-electron chi connectivity index (χ1n) is 5.50. The smallest absolute Gasteiger partial charge is 0.335 e. The molecule has 0 saturated carbocycles. The number of fused-ring (bicyclic) bond motifs is 1. The third kappa shape index (κ3) is 2.14. The van der Waals surface area contributed by atoms with E-state index in [0.717, 1.165) is 11.3 Å². The Morgan fingerprint density at radius 2 is 2.10 bits per heavy atom. The highest BCUT2D eigenvalue weighted by Gasteiger charge is 2.38. The molecule has 0 aliphatic carbocycles. The van der Waals surface area contributed by atoms with E-state index < -0.39 is 12.0 Å². The zero-order valence-electron chi connectivity index (χ0n) is 9.87. The van der Waals surface area contributed by atoms with E-state index in [4.69, 9.17) is 5.73 Å². The van der Waals surface area contributed by atoms with Crippen LogP contribution >= 0.6 is 11.3 Å². The van der Waals surface area contributed by atoms with Crippen molar-refractivity contribution in [2.75, 3.05) is 6.54 Å². The second-order valence-corrected chi connectivity index (χ2v) is 4.86. The van der Waals surface area contributed by atoms with Crippen LogP contribution in [0, 0.1) is 0 Å². The van der Waals surface area contributed by atoms with E-state index in [9.17, 15) is 13.2 Å². The van der Waals surface area contributed by atoms with Crippen LogP contribution in [-0.4, -0.2) is 35.9 Å². The molecular weight excluding hydrogens is 295 g/mol. The average Bonchev–Trinajstić information content (AvgIpc) is 2.98. The Labute approximate surface area is 113 Å². The van der Waals surface area contributed by atoms with E-state index >= 15 is 0 Å². The molecule has 0 fully saturated rings. The molecule has 11 heteroatoms. The van der Waals surface area contributed by atoms with Crippen molar-refractivity contribution in [2.45, 2.75) is 12.7 Å². The third-order valence-electron chi connectivity index (χ3n) is 2.48. The van der Waals surface area contributed by atoms with Crippen molar-refractivity contribution < 1.29 is 13.2 Å². The van der Waals surface area contributed by atoms with Crippen molar-refractivity contribution >= 4 is 16.3 Å². The number of nitrogens with two attached hydrogens (primary N) is 1. The number of alkyl halides is 3. The predicted molar refractivity (Wildman–Crippen MR) is 63.9 cm³/mol. The first-order chi connectivity index (χ1) is 9.49. The van der Waals surface area contributed by atoms with E-state index in [1.165, 1.54) is 0 Å². The van der Waals surface area contributed by atoms with Gasteiger partial charge in [-0.1, -0.05) is 11.3 Å². The van der Waals surface area contributed by atoms with E-state index in [-0.39, 0.29) is 4.96 Å². The number of hydrogen-bond donors (Lipinski definition) is 1. The summed E-state index contributed by atoms with van der Waals surface area (Å²) in [6, 6.07) is 0. The molecule has 106 valence electrons. The van der Waals surface area contributed by atoms with Crippen LogP contribution in [0.25, 0.3) is 15.7 Å². The van der Waals surface area contributed by atoms with Crippen molar-refractivity contribution in [1.82, 2.24) is 29.4 Å². The maximum atomic E-state index is 12.7. The summed E-state index contributed by atoms with van der Waals surface area (Å²) in [7, 11) is 0. The molecule has 3 aromatic rings. The molecule has 0 spiro atoms. The van der Waals surface area contributed by atoms with E-state index in [2.05, 4.69) is 20.3 Å². The normalized spacial score (nSPS) is 12.4. The van der Waals surface area contributed by atoms with Gasteiger partial charge in [-0.2, -0.15) is 22.8 Å². The Balaban J connectivity index is 2.02. The largest absolute Gasteiger partial charge is 0.453 e. The predicted octanol–water partition coefficient (Wildman–Crippen LogP) is 1.03. The third-order valence-corrected chi connectivity index (χ3v) is 3.41. The lowest BCUT2D eigenvalue weighted by Gasteiger charge is -1.99. The molecule has 0 aliphatic rings. The minimum Gasteiger partial charge on any atom is -0.335 e. The first kappa shape index (κ1) is 13.0. The molecule has 3 heterocycles. The Hall–Kier alpha value is -2.01. The van der Waals surface area contributed by atoms with Crippen molar-refractivity contribution in [3.05, 3.63) is 18.3 Å². The molecule has 0 unspecified atom stereocenters. The highest BCUT2D eigenvalue weighted by atomic mass is 32.1. The van der Waals surface area contributed by atoms with Gasteiger partial charge in [-0.3, -0.25) is 0 Å². The number of hydrogen-bond acceptors (Lipinski definition) is 6. The van der Waals surface area contributed by atoms with Gasteiger partial charge in [0.05, 0.1) is 6.33 Å². The monoisotopic (exact) mass is 303 g/mol. The van der Waals surface area contributed by atoms with Gasteiger partial charge in [0.1, 0.15) is 5.69 Å². The van der Waals surface area contributed by atoms with Crippen molar-refractivity contribution in [3.63, 3.8) is 0 Å². The fourth-order valence-corrected chi connectivity index (χ4v) is 2.44. The summed E-state index contributed by atoms with van der Waals surface area (Å²) in [5.41, 5.74) is 5.89. The van der Waals surface area contributed by atoms with Crippen LogP contribution in [0.15, 0.2) is 12.5 Å². The second-order valence-electron chi connectivity index (χ2n) is 3.91. The summed E-state index contributed by atoms with van der Waals surface area (Å²) in [6.45, 7) is 1.02. The van der Waals surface area contributed by atoms with E-state index in [1.54, 1.807) is 17.1 Å². The molecule has 0 radical (unpaired) electrons. The average molecular weight is 303 g/mol. The van der Waals surface area contributed by atoms with Gasteiger partial charge < -0.3 is 10.3 Å². The van der Waals surface area contributed by atoms with Gasteiger partial charge in [0.2, 0.25) is 4.96 Å². The van der Waals surface area contributed by atoms with Crippen molar-refractivity contribution in [2.24, 2.45) is 5.73 Å². The summed E-state index contributed by atoms with van der Waals surface area (Å²) >= 11 is 0.990. The molecule has 3 aromatic heterocycles. The van der Waals surface area contributed by atoms with Gasteiger partial charge >= 0.3 is 6.18 Å². The quantitative estimate of drug-likeness (QED) is 0.781. The number of rotatable bonds is 3. The van der Waals surface area contributed by atoms with Crippen LogP contribution in [0.1, 0.15) is 5.82 Å². The van der Waals surface area contributed by atoms with Crippen molar-refractivity contribution in [1.29, 1.82) is 0 Å². The zero-order chi connectivity index (χ0) is 14.3. The molecule has 0 saturated heterocycles. The summed E-state index contributed by atoms with van der Waals surface area (Å²) in [5, 5.41) is 10.8. The number of halogens is 3. The van der Waals surface area contributed by atoms with Crippen LogP contribution in [0.4, 0.5) is 13.2 Å². The Morgan fingerprint density at radius 3 is 2.80 bits per heavy atom. The lowest BCUT2D eigenvalue weighted by molar-refractivity contribution is -0.146. The molecule has 0 amide bonds. The molecule has 7 nitrogen and oxygen atoms in total. The van der Waals surface area contributed by atoms with Crippen molar-refractivity contribution in [3.8, 4) is 10.7 Å². The minimum atomic E-state index is -4.59. The topological polar surface area (TPSA) is 86.9 Å². The highest BCUT2D eigenvalue weighted by molar-refractivity contribution is 7.19. The molecule has 3 rings (SSSR count). The maximum absolute atomic E-state index is 12.7. The van der Waals surface area contributed by atoms with Gasteiger partial charge in [-0.25, -0.2) is 4.98 Å². The summed E-state index contributed by atoms with van der Waals surface area (Å²) in [4.78, 5) is 4.15. The van der Waals surface area contributed by atoms with Gasteiger partial charge in [0, 0.05) is 19.3 Å². The van der Waals surface area contributed by atoms with Gasteiger partial charge in [-0.05, 0) is 0 Å². The fourth-order valence-electron chi connectivity index (χ4n) is 1.64. The Morgan fingerprint density at radius 1 is 1.30 bits per heavy atom. The minimum absolute atomic E-state index is 0.0701. The number of nitrogens with zero attached hydrogens (tertiary/aromatic N) is 6. The van der Waals surface area contributed by atoms with Crippen LogP contribution < -0.4 is 5.73 Å². The van der Waals surface area contributed by atoms with Gasteiger partial charge in [0.25, 0.3) is 5.82 Å². The summed E-state index contributed by atoms with van der Waals surface area (Å²) < 4.78 is 40.4. The maximum Gasteiger partial charge on any atom is 0.453 e. The molecule has 2 N–H and O–H groups in total. The fraction of sp³-hybridized carbons (Fsp3) is 0.333. The molecular formula is C9H8F3N7S. The van der Waals surface area contributed by atoms with Crippen LogP contribution in [0.3, 0.4) is 0 Å². The molecule has 0 atom stereocenters. The highest BCUT2D eigenvalue weighted by Crippen LogP contribution is 2.31. The Bertz CT molecular complexity index is 740. The van der Waals surface area contributed by atoms with E-state index in [1.807, 2.05) is 0 Å². The van der Waals surface area contributed by atoms with Crippen LogP contribution in [0.2, 0.25) is 0 Å². The summed E-state index contributed by atoms with van der Waals surface area (Å²) in [5.74, 6) is -1.14. The number of imidazole rings is 1. The van der Waals surface area contributed by atoms with E-state index in [0.29, 0.717) is 28.3 Å².